The standard InChI is InChI=1S/C11H15N3O3/c1-3-17-9(13)6-14-10(15)4-7(2)8(5-12)11(14)16/h4,9,15H,3,6,13H2,1-2H3. The third kappa shape index (κ3) is 2.84. The van der Waals surface area contributed by atoms with Gasteiger partial charge in [-0.05, 0) is 19.4 Å². The molecule has 0 aliphatic carbocycles. The number of aromatic nitrogens is 1. The van der Waals surface area contributed by atoms with Crippen molar-refractivity contribution >= 4 is 0 Å². The van der Waals surface area contributed by atoms with E-state index in [-0.39, 0.29) is 18.0 Å². The van der Waals surface area contributed by atoms with E-state index in [1.54, 1.807) is 13.8 Å². The van der Waals surface area contributed by atoms with Crippen LogP contribution in [-0.2, 0) is 11.3 Å². The smallest absolute Gasteiger partial charge is 0.271 e. The zero-order valence-corrected chi connectivity index (χ0v) is 9.80. The summed E-state index contributed by atoms with van der Waals surface area (Å²) in [5, 5.41) is 18.5. The maximum absolute atomic E-state index is 11.9. The van der Waals surface area contributed by atoms with Crippen molar-refractivity contribution in [3.63, 3.8) is 0 Å². The topological polar surface area (TPSA) is 101 Å². The Morgan fingerprint density at radius 2 is 2.35 bits per heavy atom. The summed E-state index contributed by atoms with van der Waals surface area (Å²) in [5.41, 5.74) is 5.50. The number of rotatable bonds is 4. The largest absolute Gasteiger partial charge is 0.494 e. The van der Waals surface area contributed by atoms with Gasteiger partial charge in [-0.2, -0.15) is 5.26 Å². The van der Waals surface area contributed by atoms with Crippen molar-refractivity contribution in [1.82, 2.24) is 4.57 Å². The second-order valence-electron chi connectivity index (χ2n) is 3.58. The first kappa shape index (κ1) is 13.2. The number of nitrogens with two attached hydrogens (primary N) is 1. The van der Waals surface area contributed by atoms with E-state index in [0.717, 1.165) is 4.57 Å². The maximum atomic E-state index is 11.9. The Bertz CT molecular complexity index is 502. The van der Waals surface area contributed by atoms with Crippen LogP contribution in [0.1, 0.15) is 18.1 Å². The summed E-state index contributed by atoms with van der Waals surface area (Å²) in [6.45, 7) is 3.78. The highest BCUT2D eigenvalue weighted by atomic mass is 16.5. The lowest BCUT2D eigenvalue weighted by Crippen LogP contribution is -2.35. The van der Waals surface area contributed by atoms with Gasteiger partial charge in [0.15, 0.2) is 5.88 Å². The van der Waals surface area contributed by atoms with Gasteiger partial charge in [-0.1, -0.05) is 0 Å². The average molecular weight is 237 g/mol. The van der Waals surface area contributed by atoms with Gasteiger partial charge in [0.2, 0.25) is 0 Å². The first-order valence-corrected chi connectivity index (χ1v) is 5.22. The van der Waals surface area contributed by atoms with Crippen LogP contribution in [0.25, 0.3) is 0 Å². The summed E-state index contributed by atoms with van der Waals surface area (Å²) < 4.78 is 6.12. The monoisotopic (exact) mass is 237 g/mol. The quantitative estimate of drug-likeness (QED) is 0.721. The minimum atomic E-state index is -0.696. The zero-order chi connectivity index (χ0) is 13.0. The first-order valence-electron chi connectivity index (χ1n) is 5.22. The number of hydrogen-bond donors (Lipinski definition) is 2. The molecule has 0 aromatic carbocycles. The van der Waals surface area contributed by atoms with Crippen LogP contribution in [0.2, 0.25) is 0 Å². The summed E-state index contributed by atoms with van der Waals surface area (Å²) in [4.78, 5) is 11.9. The third-order valence-corrected chi connectivity index (χ3v) is 2.33. The highest BCUT2D eigenvalue weighted by Crippen LogP contribution is 2.12. The van der Waals surface area contributed by atoms with E-state index in [4.69, 9.17) is 15.7 Å². The Kier molecular flexibility index (Phi) is 4.26. The molecule has 1 atom stereocenters. The van der Waals surface area contributed by atoms with Crippen LogP contribution < -0.4 is 11.3 Å². The van der Waals surface area contributed by atoms with Crippen molar-refractivity contribution in [3.8, 4) is 11.9 Å². The Morgan fingerprint density at radius 1 is 1.71 bits per heavy atom. The van der Waals surface area contributed by atoms with Gasteiger partial charge < -0.3 is 15.6 Å². The number of nitrogens with zero attached hydrogens (tertiary/aromatic N) is 2. The average Bonchev–Trinajstić information content (AvgIpc) is 2.25. The lowest BCUT2D eigenvalue weighted by molar-refractivity contribution is 0.0529. The molecule has 1 unspecified atom stereocenters. The molecule has 0 bridgehead atoms. The molecule has 1 rings (SSSR count). The molecular formula is C11H15N3O3. The van der Waals surface area contributed by atoms with E-state index in [1.807, 2.05) is 6.07 Å². The number of hydrogen-bond acceptors (Lipinski definition) is 5. The van der Waals surface area contributed by atoms with E-state index in [9.17, 15) is 9.90 Å². The van der Waals surface area contributed by atoms with Crippen LogP contribution in [0.5, 0.6) is 5.88 Å². The molecule has 0 aliphatic heterocycles. The van der Waals surface area contributed by atoms with Crippen LogP contribution >= 0.6 is 0 Å². The zero-order valence-electron chi connectivity index (χ0n) is 9.80. The molecule has 0 aliphatic rings. The lowest BCUT2D eigenvalue weighted by atomic mass is 10.1. The van der Waals surface area contributed by atoms with Gasteiger partial charge >= 0.3 is 0 Å². The number of ether oxygens (including phenoxy) is 1. The molecule has 6 heteroatoms. The molecule has 92 valence electrons. The summed E-state index contributed by atoms with van der Waals surface area (Å²) in [6, 6.07) is 3.17. The molecule has 17 heavy (non-hydrogen) atoms. The lowest BCUT2D eigenvalue weighted by Gasteiger charge is -2.15. The van der Waals surface area contributed by atoms with Gasteiger partial charge in [-0.3, -0.25) is 9.36 Å². The number of aryl methyl sites for hydroxylation is 1. The molecule has 0 saturated heterocycles. The minimum absolute atomic E-state index is 0.00602. The van der Waals surface area contributed by atoms with Crippen molar-refractivity contribution in [1.29, 1.82) is 5.26 Å². The fraction of sp³-hybridized carbons (Fsp3) is 0.455. The SMILES string of the molecule is CCOC(N)Cn1c(O)cc(C)c(C#N)c1=O. The number of nitriles is 1. The Labute approximate surface area is 98.9 Å². The summed E-state index contributed by atoms with van der Waals surface area (Å²) in [6.07, 6.45) is -0.696. The van der Waals surface area contributed by atoms with Gasteiger partial charge in [0, 0.05) is 12.7 Å². The summed E-state index contributed by atoms with van der Waals surface area (Å²) in [7, 11) is 0. The molecule has 3 N–H and O–H groups in total. The van der Waals surface area contributed by atoms with Gasteiger partial charge in [0.05, 0.1) is 6.54 Å². The number of aromatic hydroxyl groups is 1. The second kappa shape index (κ2) is 5.48. The molecule has 1 aromatic heterocycles. The van der Waals surface area contributed by atoms with Crippen LogP contribution in [-0.4, -0.2) is 22.5 Å². The fourth-order valence-electron chi connectivity index (χ4n) is 1.51. The van der Waals surface area contributed by atoms with Crippen molar-refractivity contribution in [3.05, 3.63) is 27.5 Å². The fourth-order valence-corrected chi connectivity index (χ4v) is 1.51. The van der Waals surface area contributed by atoms with Crippen LogP contribution in [0.3, 0.4) is 0 Å². The minimum Gasteiger partial charge on any atom is -0.494 e. The molecule has 0 saturated carbocycles. The van der Waals surface area contributed by atoms with E-state index in [1.165, 1.54) is 6.07 Å². The molecule has 0 fully saturated rings. The molecule has 6 nitrogen and oxygen atoms in total. The van der Waals surface area contributed by atoms with E-state index in [0.29, 0.717) is 12.2 Å². The van der Waals surface area contributed by atoms with Crippen LogP contribution in [0.4, 0.5) is 0 Å². The van der Waals surface area contributed by atoms with Crippen molar-refractivity contribution in [2.24, 2.45) is 5.73 Å². The summed E-state index contributed by atoms with van der Waals surface area (Å²) >= 11 is 0. The second-order valence-corrected chi connectivity index (χ2v) is 3.58. The molecule has 0 spiro atoms. The third-order valence-electron chi connectivity index (χ3n) is 2.33. The van der Waals surface area contributed by atoms with Crippen molar-refractivity contribution < 1.29 is 9.84 Å². The predicted octanol–water partition coefficient (Wildman–Crippen LogP) is 0.0553. The Hall–Kier alpha value is -1.84. The van der Waals surface area contributed by atoms with Crippen LogP contribution in [0, 0.1) is 18.3 Å². The van der Waals surface area contributed by atoms with E-state index >= 15 is 0 Å². The Balaban J connectivity index is 3.17. The normalized spacial score (nSPS) is 12.1. The maximum Gasteiger partial charge on any atom is 0.271 e. The summed E-state index contributed by atoms with van der Waals surface area (Å²) in [5.74, 6) is -0.221. The highest BCUT2D eigenvalue weighted by molar-refractivity contribution is 5.37. The van der Waals surface area contributed by atoms with Gasteiger partial charge in [-0.25, -0.2) is 0 Å². The van der Waals surface area contributed by atoms with Crippen molar-refractivity contribution in [2.75, 3.05) is 6.61 Å². The molecular weight excluding hydrogens is 222 g/mol. The van der Waals surface area contributed by atoms with Gasteiger partial charge in [0.25, 0.3) is 5.56 Å². The molecule has 1 aromatic rings. The van der Waals surface area contributed by atoms with E-state index < -0.39 is 11.8 Å². The number of pyridine rings is 1. The predicted molar refractivity (Wildman–Crippen MR) is 61.4 cm³/mol. The van der Waals surface area contributed by atoms with Gasteiger partial charge in [0.1, 0.15) is 17.9 Å². The first-order chi connectivity index (χ1) is 8.01. The molecule has 0 radical (unpaired) electrons. The highest BCUT2D eigenvalue weighted by Gasteiger charge is 2.14. The van der Waals surface area contributed by atoms with Crippen molar-refractivity contribution in [2.45, 2.75) is 26.6 Å². The van der Waals surface area contributed by atoms with E-state index in [2.05, 4.69) is 0 Å². The Morgan fingerprint density at radius 3 is 2.88 bits per heavy atom. The molecule has 1 heterocycles. The van der Waals surface area contributed by atoms with Crippen LogP contribution in [0.15, 0.2) is 10.9 Å². The molecule has 0 amide bonds. The van der Waals surface area contributed by atoms with Gasteiger partial charge in [-0.15, -0.1) is 0 Å².